The SMILES string of the molecule is O=C1CCC[C@@H]1CC(=O)N1CCOc2c(O)cc(-c3cccnc3)cc2C1. The van der Waals surface area contributed by atoms with Crippen LogP contribution in [0.2, 0.25) is 0 Å². The van der Waals surface area contributed by atoms with E-state index in [2.05, 4.69) is 4.98 Å². The van der Waals surface area contributed by atoms with E-state index >= 15 is 0 Å². The first-order valence-corrected chi connectivity index (χ1v) is 9.31. The van der Waals surface area contributed by atoms with Crippen molar-refractivity contribution in [1.82, 2.24) is 9.88 Å². The minimum Gasteiger partial charge on any atom is -0.504 e. The molecule has 2 aromatic rings. The number of hydrogen-bond donors (Lipinski definition) is 1. The lowest BCUT2D eigenvalue weighted by Crippen LogP contribution is -2.34. The van der Waals surface area contributed by atoms with Crippen molar-refractivity contribution < 1.29 is 19.4 Å². The molecular weight excluding hydrogens is 344 g/mol. The van der Waals surface area contributed by atoms with Crippen LogP contribution in [0.4, 0.5) is 0 Å². The zero-order valence-electron chi connectivity index (χ0n) is 15.1. The van der Waals surface area contributed by atoms with Crippen molar-refractivity contribution >= 4 is 11.7 Å². The molecule has 1 aromatic carbocycles. The third kappa shape index (κ3) is 3.65. The summed E-state index contributed by atoms with van der Waals surface area (Å²) in [6.07, 6.45) is 5.96. The number of phenolic OH excluding ortho intramolecular Hbond substituents is 1. The number of nitrogens with zero attached hydrogens (tertiary/aromatic N) is 2. The Balaban J connectivity index is 1.58. The van der Waals surface area contributed by atoms with E-state index in [0.717, 1.165) is 29.5 Å². The third-order valence-corrected chi connectivity index (χ3v) is 5.31. The van der Waals surface area contributed by atoms with E-state index in [1.807, 2.05) is 18.2 Å². The van der Waals surface area contributed by atoms with Crippen molar-refractivity contribution in [2.75, 3.05) is 13.2 Å². The van der Waals surface area contributed by atoms with E-state index in [1.165, 1.54) is 0 Å². The topological polar surface area (TPSA) is 79.7 Å². The van der Waals surface area contributed by atoms with Crippen molar-refractivity contribution in [2.45, 2.75) is 32.2 Å². The number of rotatable bonds is 3. The van der Waals surface area contributed by atoms with Crippen LogP contribution in [0.15, 0.2) is 36.7 Å². The highest BCUT2D eigenvalue weighted by molar-refractivity contribution is 5.88. The van der Waals surface area contributed by atoms with Gasteiger partial charge in [-0.3, -0.25) is 14.6 Å². The first-order chi connectivity index (χ1) is 13.1. The van der Waals surface area contributed by atoms with Crippen LogP contribution in [-0.4, -0.2) is 39.8 Å². The van der Waals surface area contributed by atoms with Gasteiger partial charge in [-0.15, -0.1) is 0 Å². The molecule has 1 saturated carbocycles. The number of carbonyl (C=O) groups is 2. The second kappa shape index (κ2) is 7.39. The van der Waals surface area contributed by atoms with E-state index in [1.54, 1.807) is 23.4 Å². The van der Waals surface area contributed by atoms with Gasteiger partial charge >= 0.3 is 0 Å². The Morgan fingerprint density at radius 2 is 2.22 bits per heavy atom. The Bertz CT molecular complexity index is 866. The normalized spacial score (nSPS) is 19.3. The van der Waals surface area contributed by atoms with Gasteiger partial charge in [-0.05, 0) is 36.6 Å². The highest BCUT2D eigenvalue weighted by atomic mass is 16.5. The quantitative estimate of drug-likeness (QED) is 0.903. The molecule has 6 heteroatoms. The number of phenols is 1. The van der Waals surface area contributed by atoms with Crippen molar-refractivity contribution in [3.8, 4) is 22.6 Å². The average Bonchev–Trinajstić information content (AvgIpc) is 2.94. The van der Waals surface area contributed by atoms with Gasteiger partial charge in [0.1, 0.15) is 12.4 Å². The average molecular weight is 366 g/mol. The van der Waals surface area contributed by atoms with Crippen molar-refractivity contribution in [3.63, 3.8) is 0 Å². The highest BCUT2D eigenvalue weighted by Gasteiger charge is 2.30. The van der Waals surface area contributed by atoms with Crippen LogP contribution in [0.1, 0.15) is 31.2 Å². The number of hydrogen-bond acceptors (Lipinski definition) is 5. The Hall–Kier alpha value is -2.89. The number of amides is 1. The van der Waals surface area contributed by atoms with Crippen LogP contribution in [-0.2, 0) is 16.1 Å². The lowest BCUT2D eigenvalue weighted by molar-refractivity contribution is -0.135. The van der Waals surface area contributed by atoms with Gasteiger partial charge in [-0.25, -0.2) is 0 Å². The van der Waals surface area contributed by atoms with Crippen LogP contribution in [0, 0.1) is 5.92 Å². The zero-order valence-corrected chi connectivity index (χ0v) is 15.1. The molecule has 2 heterocycles. The van der Waals surface area contributed by atoms with Gasteiger partial charge in [-0.1, -0.05) is 6.07 Å². The standard InChI is InChI=1S/C21H22N2O4/c24-18-5-1-3-14(18)11-20(26)23-7-8-27-21-17(13-23)9-16(10-19(21)25)15-4-2-6-22-12-15/h2,4,6,9-10,12,14,25H,1,3,5,7-8,11,13H2/t14-/m1/s1. The number of aromatic hydroxyl groups is 1. The molecule has 0 radical (unpaired) electrons. The summed E-state index contributed by atoms with van der Waals surface area (Å²) in [6, 6.07) is 7.34. The first kappa shape index (κ1) is 17.5. The predicted octanol–water partition coefficient (Wildman–Crippen LogP) is 2.93. The summed E-state index contributed by atoms with van der Waals surface area (Å²) in [7, 11) is 0. The van der Waals surface area contributed by atoms with Gasteiger partial charge in [0.2, 0.25) is 5.91 Å². The van der Waals surface area contributed by atoms with E-state index in [4.69, 9.17) is 4.74 Å². The molecular formula is C21H22N2O4. The molecule has 1 amide bonds. The molecule has 4 rings (SSSR count). The fourth-order valence-electron chi connectivity index (χ4n) is 3.86. The molecule has 1 atom stereocenters. The minimum atomic E-state index is -0.142. The summed E-state index contributed by atoms with van der Waals surface area (Å²) in [6.45, 7) is 1.12. The highest BCUT2D eigenvalue weighted by Crippen LogP contribution is 2.37. The summed E-state index contributed by atoms with van der Waals surface area (Å²) in [5.41, 5.74) is 2.47. The second-order valence-electron chi connectivity index (χ2n) is 7.15. The number of pyridine rings is 1. The molecule has 0 saturated heterocycles. The number of benzene rings is 1. The predicted molar refractivity (Wildman–Crippen MR) is 99.2 cm³/mol. The molecule has 6 nitrogen and oxygen atoms in total. The van der Waals surface area contributed by atoms with Gasteiger partial charge in [0, 0.05) is 48.8 Å². The van der Waals surface area contributed by atoms with Crippen molar-refractivity contribution in [1.29, 1.82) is 0 Å². The van der Waals surface area contributed by atoms with E-state index < -0.39 is 0 Å². The van der Waals surface area contributed by atoms with E-state index in [9.17, 15) is 14.7 Å². The lowest BCUT2D eigenvalue weighted by atomic mass is 10.0. The Labute approximate surface area is 157 Å². The maximum absolute atomic E-state index is 12.7. The van der Waals surface area contributed by atoms with E-state index in [0.29, 0.717) is 31.9 Å². The van der Waals surface area contributed by atoms with Gasteiger partial charge in [0.25, 0.3) is 0 Å². The monoisotopic (exact) mass is 366 g/mol. The van der Waals surface area contributed by atoms with Crippen molar-refractivity contribution in [3.05, 3.63) is 42.2 Å². The summed E-state index contributed by atoms with van der Waals surface area (Å²) in [5.74, 6) is 0.516. The third-order valence-electron chi connectivity index (χ3n) is 5.31. The largest absolute Gasteiger partial charge is 0.504 e. The fraction of sp³-hybridized carbons (Fsp3) is 0.381. The molecule has 140 valence electrons. The number of aromatic nitrogens is 1. The minimum absolute atomic E-state index is 0.0297. The number of Topliss-reactive ketones (excluding diaryl/α,β-unsaturated/α-hetero) is 1. The van der Waals surface area contributed by atoms with Crippen LogP contribution in [0.5, 0.6) is 11.5 Å². The molecule has 1 aromatic heterocycles. The molecule has 2 aliphatic rings. The molecule has 0 spiro atoms. The zero-order chi connectivity index (χ0) is 18.8. The van der Waals surface area contributed by atoms with Gasteiger partial charge in [-0.2, -0.15) is 0 Å². The molecule has 1 fully saturated rings. The maximum atomic E-state index is 12.7. The Kier molecular flexibility index (Phi) is 4.79. The molecule has 1 aliphatic carbocycles. The van der Waals surface area contributed by atoms with Gasteiger partial charge in [0.15, 0.2) is 11.5 Å². The summed E-state index contributed by atoms with van der Waals surface area (Å²) in [4.78, 5) is 30.5. The Morgan fingerprint density at radius 1 is 1.33 bits per heavy atom. The molecule has 1 N–H and O–H groups in total. The summed E-state index contributed by atoms with van der Waals surface area (Å²) >= 11 is 0. The smallest absolute Gasteiger partial charge is 0.223 e. The second-order valence-corrected chi connectivity index (χ2v) is 7.15. The van der Waals surface area contributed by atoms with Crippen LogP contribution in [0.25, 0.3) is 11.1 Å². The van der Waals surface area contributed by atoms with Crippen molar-refractivity contribution in [2.24, 2.45) is 5.92 Å². The van der Waals surface area contributed by atoms with Crippen LogP contribution < -0.4 is 4.74 Å². The van der Waals surface area contributed by atoms with Crippen LogP contribution in [0.3, 0.4) is 0 Å². The maximum Gasteiger partial charge on any atom is 0.223 e. The van der Waals surface area contributed by atoms with Crippen LogP contribution >= 0.6 is 0 Å². The molecule has 0 bridgehead atoms. The summed E-state index contributed by atoms with van der Waals surface area (Å²) in [5, 5.41) is 10.4. The van der Waals surface area contributed by atoms with E-state index in [-0.39, 0.29) is 29.8 Å². The summed E-state index contributed by atoms with van der Waals surface area (Å²) < 4.78 is 5.72. The molecule has 27 heavy (non-hydrogen) atoms. The lowest BCUT2D eigenvalue weighted by Gasteiger charge is -2.21. The number of ether oxygens (including phenoxy) is 1. The number of fused-ring (bicyclic) bond motifs is 1. The Morgan fingerprint density at radius 3 is 2.96 bits per heavy atom. The fourth-order valence-corrected chi connectivity index (χ4v) is 3.86. The van der Waals surface area contributed by atoms with Gasteiger partial charge in [0.05, 0.1) is 6.54 Å². The first-order valence-electron chi connectivity index (χ1n) is 9.31. The number of ketones is 1. The number of carbonyl (C=O) groups excluding carboxylic acids is 2. The molecule has 0 unspecified atom stereocenters. The molecule has 1 aliphatic heterocycles. The van der Waals surface area contributed by atoms with Gasteiger partial charge < -0.3 is 14.7 Å².